The van der Waals surface area contributed by atoms with Gasteiger partial charge in [-0.3, -0.25) is 24.3 Å². The number of aromatic nitrogens is 2. The maximum absolute atomic E-state index is 12.5. The van der Waals surface area contributed by atoms with Gasteiger partial charge in [-0.25, -0.2) is 4.68 Å². The molecule has 3 aromatic rings. The predicted molar refractivity (Wildman–Crippen MR) is 117 cm³/mol. The molecule has 31 heavy (non-hydrogen) atoms. The average molecular weight is 423 g/mol. The first-order valence-electron chi connectivity index (χ1n) is 10.1. The van der Waals surface area contributed by atoms with Gasteiger partial charge in [0.2, 0.25) is 0 Å². The van der Waals surface area contributed by atoms with Crippen molar-refractivity contribution in [2.24, 2.45) is 0 Å². The lowest BCUT2D eigenvalue weighted by atomic mass is 10.1. The normalized spacial score (nSPS) is 12.8. The molecule has 0 aliphatic rings. The summed E-state index contributed by atoms with van der Waals surface area (Å²) in [6.45, 7) is 2.85. The lowest BCUT2D eigenvalue weighted by Crippen LogP contribution is -2.42. The van der Waals surface area contributed by atoms with E-state index < -0.39 is 35.6 Å². The number of amides is 1. The first kappa shape index (κ1) is 22.0. The molecule has 162 valence electrons. The van der Waals surface area contributed by atoms with Crippen molar-refractivity contribution in [1.82, 2.24) is 15.1 Å². The van der Waals surface area contributed by atoms with Crippen molar-refractivity contribution in [3.05, 3.63) is 80.9 Å². The molecule has 0 fully saturated rings. The van der Waals surface area contributed by atoms with Crippen LogP contribution in [0.5, 0.6) is 0 Å². The number of hydrogen-bond acceptors (Lipinski definition) is 5. The number of nitrogens with zero attached hydrogens (tertiary/aromatic N) is 1. The number of aromatic amines is 1. The van der Waals surface area contributed by atoms with Crippen LogP contribution in [-0.4, -0.2) is 33.8 Å². The summed E-state index contributed by atoms with van der Waals surface area (Å²) < 4.78 is 6.04. The van der Waals surface area contributed by atoms with Gasteiger partial charge in [0.25, 0.3) is 17.0 Å². The van der Waals surface area contributed by atoms with E-state index in [2.05, 4.69) is 10.4 Å². The molecule has 1 amide bonds. The van der Waals surface area contributed by atoms with Crippen molar-refractivity contribution in [1.29, 1.82) is 0 Å². The van der Waals surface area contributed by atoms with E-state index in [0.717, 1.165) is 17.5 Å². The molecule has 8 nitrogen and oxygen atoms in total. The lowest BCUT2D eigenvalue weighted by Gasteiger charge is -2.18. The summed E-state index contributed by atoms with van der Waals surface area (Å²) in [4.78, 5) is 49.2. The van der Waals surface area contributed by atoms with Gasteiger partial charge in [-0.05, 0) is 44.4 Å². The zero-order chi connectivity index (χ0) is 22.4. The summed E-state index contributed by atoms with van der Waals surface area (Å²) in [7, 11) is 0. The van der Waals surface area contributed by atoms with Crippen molar-refractivity contribution in [2.45, 2.75) is 45.4 Å². The van der Waals surface area contributed by atoms with Gasteiger partial charge in [-0.2, -0.15) is 0 Å². The number of ether oxygens (including phenoxy) is 1. The third-order valence-electron chi connectivity index (χ3n) is 4.95. The van der Waals surface area contributed by atoms with Gasteiger partial charge in [0.1, 0.15) is 6.54 Å². The quantitative estimate of drug-likeness (QED) is 0.537. The number of esters is 1. The van der Waals surface area contributed by atoms with E-state index in [1.807, 2.05) is 37.3 Å². The number of benzene rings is 2. The van der Waals surface area contributed by atoms with Crippen LogP contribution in [0.15, 0.2) is 64.2 Å². The molecule has 1 heterocycles. The van der Waals surface area contributed by atoms with Crippen LogP contribution in [0.1, 0.15) is 25.8 Å². The van der Waals surface area contributed by atoms with Crippen LogP contribution in [0, 0.1) is 0 Å². The second kappa shape index (κ2) is 9.88. The average Bonchev–Trinajstić information content (AvgIpc) is 2.76. The molecule has 8 heteroatoms. The molecule has 0 saturated heterocycles. The molecule has 0 aliphatic carbocycles. The summed E-state index contributed by atoms with van der Waals surface area (Å²) in [5.74, 6) is -1.22. The standard InChI is InChI=1S/C23H25N3O5/c1-15(12-13-17-8-4-3-5-9-17)24-21(28)16(2)31-20(27)14-26-23(30)19-11-7-6-10-18(19)22(29)25-26/h3-11,15-16H,12-14H2,1-2H3,(H,24,28)(H,25,29)/t15-,16-/m1/s1. The Morgan fingerprint density at radius 2 is 1.65 bits per heavy atom. The summed E-state index contributed by atoms with van der Waals surface area (Å²) >= 11 is 0. The molecular weight excluding hydrogens is 398 g/mol. The van der Waals surface area contributed by atoms with Crippen molar-refractivity contribution >= 4 is 22.6 Å². The molecule has 2 N–H and O–H groups in total. The molecule has 0 bridgehead atoms. The predicted octanol–water partition coefficient (Wildman–Crippen LogP) is 1.76. The SMILES string of the molecule is C[C@H](CCc1ccccc1)NC(=O)[C@@H](C)OC(=O)Cn1[nH]c(=O)c2ccccc2c1=O. The Morgan fingerprint density at radius 3 is 2.35 bits per heavy atom. The zero-order valence-electron chi connectivity index (χ0n) is 17.5. The number of carbonyl (C=O) groups excluding carboxylic acids is 2. The molecule has 1 aromatic heterocycles. The molecule has 0 aliphatic heterocycles. The van der Waals surface area contributed by atoms with E-state index in [-0.39, 0.29) is 16.8 Å². The third-order valence-corrected chi connectivity index (χ3v) is 4.95. The van der Waals surface area contributed by atoms with E-state index >= 15 is 0 Å². The summed E-state index contributed by atoms with van der Waals surface area (Å²) in [5.41, 5.74) is 0.178. The Hall–Kier alpha value is -3.68. The molecule has 2 atom stereocenters. The summed E-state index contributed by atoms with van der Waals surface area (Å²) in [6, 6.07) is 16.2. The number of hydrogen-bond donors (Lipinski definition) is 2. The molecule has 3 rings (SSSR count). The van der Waals surface area contributed by atoms with E-state index in [1.54, 1.807) is 12.1 Å². The van der Waals surface area contributed by atoms with Gasteiger partial charge in [0, 0.05) is 6.04 Å². The minimum Gasteiger partial charge on any atom is -0.451 e. The van der Waals surface area contributed by atoms with E-state index in [9.17, 15) is 19.2 Å². The Balaban J connectivity index is 1.55. The fourth-order valence-corrected chi connectivity index (χ4v) is 3.24. The van der Waals surface area contributed by atoms with Gasteiger partial charge in [-0.15, -0.1) is 0 Å². The number of H-pyrrole nitrogens is 1. The molecule has 0 saturated carbocycles. The van der Waals surface area contributed by atoms with Crippen LogP contribution < -0.4 is 16.4 Å². The van der Waals surface area contributed by atoms with Gasteiger partial charge in [0.15, 0.2) is 6.10 Å². The zero-order valence-corrected chi connectivity index (χ0v) is 17.5. The van der Waals surface area contributed by atoms with Crippen LogP contribution in [0.2, 0.25) is 0 Å². The van der Waals surface area contributed by atoms with E-state index in [0.29, 0.717) is 0 Å². The van der Waals surface area contributed by atoms with Gasteiger partial charge in [0.05, 0.1) is 10.8 Å². The second-order valence-corrected chi connectivity index (χ2v) is 7.44. The Kier molecular flexibility index (Phi) is 7.02. The van der Waals surface area contributed by atoms with Crippen molar-refractivity contribution in [3.63, 3.8) is 0 Å². The summed E-state index contributed by atoms with van der Waals surface area (Å²) in [6.07, 6.45) is 0.522. The molecule has 0 spiro atoms. The van der Waals surface area contributed by atoms with Crippen LogP contribution in [0.25, 0.3) is 10.8 Å². The second-order valence-electron chi connectivity index (χ2n) is 7.44. The van der Waals surface area contributed by atoms with Crippen LogP contribution in [-0.2, 0) is 27.3 Å². The minimum absolute atomic E-state index is 0.103. The van der Waals surface area contributed by atoms with Crippen LogP contribution in [0.3, 0.4) is 0 Å². The molecular formula is C23H25N3O5. The smallest absolute Gasteiger partial charge is 0.328 e. The molecule has 2 aromatic carbocycles. The van der Waals surface area contributed by atoms with Gasteiger partial charge < -0.3 is 10.1 Å². The highest BCUT2D eigenvalue weighted by atomic mass is 16.5. The maximum Gasteiger partial charge on any atom is 0.328 e. The largest absolute Gasteiger partial charge is 0.451 e. The highest BCUT2D eigenvalue weighted by Crippen LogP contribution is 2.06. The Bertz CT molecular complexity index is 1180. The van der Waals surface area contributed by atoms with Gasteiger partial charge in [-0.1, -0.05) is 42.5 Å². The number of rotatable bonds is 8. The fraction of sp³-hybridized carbons (Fsp3) is 0.304. The number of nitrogens with one attached hydrogen (secondary N) is 2. The maximum atomic E-state index is 12.5. The van der Waals surface area contributed by atoms with Crippen LogP contribution in [0.4, 0.5) is 0 Å². The fourth-order valence-electron chi connectivity index (χ4n) is 3.24. The highest BCUT2D eigenvalue weighted by Gasteiger charge is 2.20. The van der Waals surface area contributed by atoms with E-state index in [1.165, 1.54) is 24.6 Å². The van der Waals surface area contributed by atoms with Crippen LogP contribution >= 0.6 is 0 Å². The number of carbonyl (C=O) groups is 2. The Labute approximate surface area is 178 Å². The first-order valence-corrected chi connectivity index (χ1v) is 10.1. The lowest BCUT2D eigenvalue weighted by molar-refractivity contribution is -0.155. The number of aryl methyl sites for hydroxylation is 1. The summed E-state index contributed by atoms with van der Waals surface area (Å²) in [5, 5.41) is 5.64. The van der Waals surface area contributed by atoms with Crippen molar-refractivity contribution in [2.75, 3.05) is 0 Å². The van der Waals surface area contributed by atoms with Crippen molar-refractivity contribution in [3.8, 4) is 0 Å². The highest BCUT2D eigenvalue weighted by molar-refractivity contribution is 5.84. The topological polar surface area (TPSA) is 110 Å². The van der Waals surface area contributed by atoms with Crippen molar-refractivity contribution < 1.29 is 14.3 Å². The monoisotopic (exact) mass is 423 g/mol. The minimum atomic E-state index is -1.03. The first-order chi connectivity index (χ1) is 14.8. The molecule has 0 radical (unpaired) electrons. The van der Waals surface area contributed by atoms with Gasteiger partial charge >= 0.3 is 5.97 Å². The Morgan fingerprint density at radius 1 is 1.00 bits per heavy atom. The third kappa shape index (κ3) is 5.69. The molecule has 0 unspecified atom stereocenters. The van der Waals surface area contributed by atoms with E-state index in [4.69, 9.17) is 4.74 Å². The number of fused-ring (bicyclic) bond motifs is 1.